The van der Waals surface area contributed by atoms with Crippen LogP contribution in [-0.2, 0) is 21.9 Å². The predicted molar refractivity (Wildman–Crippen MR) is 85.5 cm³/mol. The second-order valence-corrected chi connectivity index (χ2v) is 6.64. The Morgan fingerprint density at radius 3 is 2.14 bits per heavy atom. The Hall–Kier alpha value is -1.07. The van der Waals surface area contributed by atoms with Crippen LogP contribution in [0.2, 0.25) is 0 Å². The Balaban J connectivity index is 2.63. The summed E-state index contributed by atoms with van der Waals surface area (Å²) in [6.07, 6.45) is 0. The van der Waals surface area contributed by atoms with Gasteiger partial charge in [0, 0.05) is 11.8 Å². The van der Waals surface area contributed by atoms with Gasteiger partial charge in [0.2, 0.25) is 0 Å². The molecule has 2 aromatic carbocycles. The molecule has 0 saturated heterocycles. The van der Waals surface area contributed by atoms with Gasteiger partial charge in [0.05, 0.1) is 4.90 Å². The molecule has 2 rings (SSSR count). The van der Waals surface area contributed by atoms with Gasteiger partial charge in [-0.15, -0.1) is 23.2 Å². The zero-order valence-corrected chi connectivity index (χ0v) is 13.6. The lowest BCUT2D eigenvalue weighted by molar-refractivity contribution is 0.482. The number of alkyl halides is 2. The van der Waals surface area contributed by atoms with Crippen molar-refractivity contribution in [3.63, 3.8) is 0 Å². The van der Waals surface area contributed by atoms with Gasteiger partial charge < -0.3 is 0 Å². The Labute approximate surface area is 134 Å². The highest BCUT2D eigenvalue weighted by Gasteiger charge is 2.18. The molecule has 21 heavy (non-hydrogen) atoms. The van der Waals surface area contributed by atoms with E-state index in [-0.39, 0.29) is 10.8 Å². The summed E-state index contributed by atoms with van der Waals surface area (Å²) >= 11 is 11.5. The minimum Gasteiger partial charge on any atom is -0.282 e. The molecule has 0 heterocycles. The molecule has 0 bridgehead atoms. The summed E-state index contributed by atoms with van der Waals surface area (Å²) in [6.45, 7) is 1.87. The van der Waals surface area contributed by atoms with Crippen LogP contribution in [0.5, 0.6) is 0 Å². The summed E-state index contributed by atoms with van der Waals surface area (Å²) in [6, 6.07) is 10.6. The second-order valence-electron chi connectivity index (χ2n) is 4.71. The van der Waals surface area contributed by atoms with Crippen molar-refractivity contribution in [3.8, 4) is 11.1 Å². The van der Waals surface area contributed by atoms with Crippen molar-refractivity contribution < 1.29 is 13.0 Å². The van der Waals surface area contributed by atoms with Crippen LogP contribution in [0, 0.1) is 6.92 Å². The largest absolute Gasteiger partial charge is 0.294 e. The van der Waals surface area contributed by atoms with Gasteiger partial charge in [-0.25, -0.2) is 0 Å². The third kappa shape index (κ3) is 3.58. The molecule has 0 spiro atoms. The van der Waals surface area contributed by atoms with Crippen LogP contribution in [0.25, 0.3) is 11.1 Å². The first-order valence-corrected chi connectivity index (χ1v) is 8.70. The van der Waals surface area contributed by atoms with Gasteiger partial charge in [0.15, 0.2) is 0 Å². The number of rotatable bonds is 4. The van der Waals surface area contributed by atoms with E-state index in [1.807, 2.05) is 31.2 Å². The van der Waals surface area contributed by atoms with Crippen molar-refractivity contribution >= 4 is 33.3 Å². The van der Waals surface area contributed by atoms with Crippen molar-refractivity contribution in [2.75, 3.05) is 0 Å². The summed E-state index contributed by atoms with van der Waals surface area (Å²) in [5, 5.41) is 0. The van der Waals surface area contributed by atoms with Gasteiger partial charge in [0.25, 0.3) is 10.1 Å². The molecular weight excluding hydrogens is 331 g/mol. The van der Waals surface area contributed by atoms with E-state index >= 15 is 0 Å². The van der Waals surface area contributed by atoms with Crippen LogP contribution < -0.4 is 0 Å². The zero-order chi connectivity index (χ0) is 15.6. The molecule has 3 nitrogen and oxygen atoms in total. The van der Waals surface area contributed by atoms with Crippen LogP contribution in [0.4, 0.5) is 0 Å². The Kier molecular flexibility index (Phi) is 4.94. The molecule has 2 aromatic rings. The molecule has 0 fully saturated rings. The first kappa shape index (κ1) is 16.3. The monoisotopic (exact) mass is 344 g/mol. The molecule has 0 unspecified atom stereocenters. The van der Waals surface area contributed by atoms with Gasteiger partial charge in [0.1, 0.15) is 0 Å². The fourth-order valence-corrected chi connectivity index (χ4v) is 3.38. The van der Waals surface area contributed by atoms with E-state index < -0.39 is 10.1 Å². The number of aryl methyl sites for hydroxylation is 1. The Bertz CT molecular complexity index is 753. The number of benzene rings is 2. The normalized spacial score (nSPS) is 11.6. The molecule has 0 aliphatic rings. The molecule has 0 atom stereocenters. The molecule has 112 valence electrons. The quantitative estimate of drug-likeness (QED) is 0.661. The van der Waals surface area contributed by atoms with Crippen LogP contribution in [0.1, 0.15) is 16.7 Å². The summed E-state index contributed by atoms with van der Waals surface area (Å²) in [5.74, 6) is 0.433. The van der Waals surface area contributed by atoms with Gasteiger partial charge >= 0.3 is 0 Å². The lowest BCUT2D eigenvalue weighted by Gasteiger charge is -2.12. The fraction of sp³-hybridized carbons (Fsp3) is 0.200. The minimum absolute atomic E-state index is 0.0153. The summed E-state index contributed by atoms with van der Waals surface area (Å²) in [7, 11) is -4.31. The third-order valence-corrected chi connectivity index (χ3v) is 4.78. The van der Waals surface area contributed by atoms with Crippen LogP contribution in [0.15, 0.2) is 41.3 Å². The molecular formula is C15H14Cl2O3S. The maximum atomic E-state index is 11.5. The molecule has 6 heteroatoms. The van der Waals surface area contributed by atoms with Gasteiger partial charge in [-0.1, -0.05) is 30.3 Å². The molecule has 0 aliphatic heterocycles. The molecule has 0 amide bonds. The smallest absolute Gasteiger partial charge is 0.282 e. The lowest BCUT2D eigenvalue weighted by Crippen LogP contribution is -2.03. The highest BCUT2D eigenvalue weighted by atomic mass is 35.5. The topological polar surface area (TPSA) is 54.4 Å². The van der Waals surface area contributed by atoms with E-state index in [4.69, 9.17) is 23.2 Å². The van der Waals surface area contributed by atoms with E-state index in [0.717, 1.165) is 22.3 Å². The SMILES string of the molecule is Cc1cc(CCl)c(S(=O)(=O)O)cc1-c1ccc(CCl)cc1. The maximum Gasteiger partial charge on any atom is 0.294 e. The van der Waals surface area contributed by atoms with Gasteiger partial charge in [-0.3, -0.25) is 4.55 Å². The van der Waals surface area contributed by atoms with E-state index in [0.29, 0.717) is 11.4 Å². The van der Waals surface area contributed by atoms with E-state index in [2.05, 4.69) is 0 Å². The molecule has 0 aromatic heterocycles. The van der Waals surface area contributed by atoms with Gasteiger partial charge in [-0.05, 0) is 40.8 Å². The number of hydrogen-bond donors (Lipinski definition) is 1. The zero-order valence-electron chi connectivity index (χ0n) is 11.3. The highest BCUT2D eigenvalue weighted by molar-refractivity contribution is 7.85. The Morgan fingerprint density at radius 2 is 1.67 bits per heavy atom. The van der Waals surface area contributed by atoms with Crippen molar-refractivity contribution in [1.82, 2.24) is 0 Å². The standard InChI is InChI=1S/C15H14Cl2O3S/c1-10-6-13(9-17)15(21(18,19)20)7-14(10)12-4-2-11(8-16)3-5-12/h2-7H,8-9H2,1H3,(H,18,19,20). The van der Waals surface area contributed by atoms with E-state index in [1.165, 1.54) is 6.07 Å². The minimum atomic E-state index is -4.31. The van der Waals surface area contributed by atoms with Crippen molar-refractivity contribution in [2.24, 2.45) is 0 Å². The molecule has 0 saturated carbocycles. The van der Waals surface area contributed by atoms with Crippen LogP contribution in [-0.4, -0.2) is 13.0 Å². The maximum absolute atomic E-state index is 11.5. The number of hydrogen-bond acceptors (Lipinski definition) is 2. The summed E-state index contributed by atoms with van der Waals surface area (Å²) < 4.78 is 32.3. The van der Waals surface area contributed by atoms with Gasteiger partial charge in [-0.2, -0.15) is 8.42 Å². The highest BCUT2D eigenvalue weighted by Crippen LogP contribution is 2.30. The average molecular weight is 345 g/mol. The van der Waals surface area contributed by atoms with Crippen molar-refractivity contribution in [2.45, 2.75) is 23.6 Å². The van der Waals surface area contributed by atoms with Crippen LogP contribution >= 0.6 is 23.2 Å². The molecule has 1 N–H and O–H groups in total. The first-order chi connectivity index (χ1) is 9.86. The lowest BCUT2D eigenvalue weighted by atomic mass is 9.98. The predicted octanol–water partition coefficient (Wildman–Crippen LogP) is 4.39. The first-order valence-electron chi connectivity index (χ1n) is 6.19. The van der Waals surface area contributed by atoms with E-state index in [1.54, 1.807) is 6.07 Å². The molecule has 0 aliphatic carbocycles. The molecule has 0 radical (unpaired) electrons. The van der Waals surface area contributed by atoms with Crippen molar-refractivity contribution in [3.05, 3.63) is 53.1 Å². The fourth-order valence-electron chi connectivity index (χ4n) is 2.18. The second kappa shape index (κ2) is 6.36. The Morgan fingerprint density at radius 1 is 1.05 bits per heavy atom. The third-order valence-electron chi connectivity index (χ3n) is 3.25. The van der Waals surface area contributed by atoms with Crippen LogP contribution in [0.3, 0.4) is 0 Å². The number of halogens is 2. The van der Waals surface area contributed by atoms with Crippen molar-refractivity contribution in [1.29, 1.82) is 0 Å². The van der Waals surface area contributed by atoms with E-state index in [9.17, 15) is 13.0 Å². The average Bonchev–Trinajstić information content (AvgIpc) is 2.45. The summed E-state index contributed by atoms with van der Waals surface area (Å²) in [5.41, 5.74) is 3.84. The summed E-state index contributed by atoms with van der Waals surface area (Å²) in [4.78, 5) is -0.153.